The Balaban J connectivity index is 1.28. The smallest absolute Gasteiger partial charge is 0.214 e. The first-order chi connectivity index (χ1) is 21.6. The average Bonchev–Trinajstić information content (AvgIpc) is 3.60. The Morgan fingerprint density at radius 1 is 1.02 bits per heavy atom. The number of rotatable bonds is 9. The lowest BCUT2D eigenvalue weighted by Gasteiger charge is -2.25. The highest BCUT2D eigenvalue weighted by Gasteiger charge is 2.32. The summed E-state index contributed by atoms with van der Waals surface area (Å²) in [6, 6.07) is 18.1. The third kappa shape index (κ3) is 6.30. The molecule has 0 amide bonds. The number of carbonyl (C=O) groups is 1. The van der Waals surface area contributed by atoms with Crippen LogP contribution in [0, 0.1) is 28.8 Å². The van der Waals surface area contributed by atoms with E-state index in [-0.39, 0.29) is 52.6 Å². The van der Waals surface area contributed by atoms with Gasteiger partial charge in [-0.2, -0.15) is 5.26 Å². The molecule has 0 N–H and O–H groups in total. The maximum atomic E-state index is 15.6. The quantitative estimate of drug-likeness (QED) is 0.162. The number of ketones is 1. The Hall–Kier alpha value is -5.01. The van der Waals surface area contributed by atoms with Gasteiger partial charge >= 0.3 is 0 Å². The molecule has 1 saturated heterocycles. The number of ether oxygens (including phenoxy) is 2. The van der Waals surface area contributed by atoms with E-state index in [0.29, 0.717) is 30.1 Å². The van der Waals surface area contributed by atoms with Crippen molar-refractivity contribution >= 4 is 16.8 Å². The van der Waals surface area contributed by atoms with Gasteiger partial charge in [0, 0.05) is 35.8 Å². The normalized spacial score (nSPS) is 16.2. The highest BCUT2D eigenvalue weighted by molar-refractivity contribution is 5.97. The van der Waals surface area contributed by atoms with E-state index in [2.05, 4.69) is 4.98 Å². The zero-order valence-electron chi connectivity index (χ0n) is 24.7. The van der Waals surface area contributed by atoms with Crippen LogP contribution in [0.5, 0.6) is 5.88 Å². The largest absolute Gasteiger partial charge is 0.473 e. The molecule has 0 aliphatic carbocycles. The zero-order chi connectivity index (χ0) is 31.7. The van der Waals surface area contributed by atoms with Crippen molar-refractivity contribution in [3.63, 3.8) is 0 Å². The molecule has 228 valence electrons. The van der Waals surface area contributed by atoms with E-state index in [9.17, 15) is 9.18 Å². The van der Waals surface area contributed by atoms with Gasteiger partial charge in [0.05, 0.1) is 40.5 Å². The van der Waals surface area contributed by atoms with Crippen molar-refractivity contribution in [2.75, 3.05) is 6.61 Å². The van der Waals surface area contributed by atoms with Crippen molar-refractivity contribution in [2.24, 2.45) is 0 Å². The van der Waals surface area contributed by atoms with Crippen molar-refractivity contribution in [1.29, 1.82) is 5.26 Å². The van der Waals surface area contributed by atoms with E-state index in [4.69, 9.17) is 19.7 Å². The lowest BCUT2D eigenvalue weighted by atomic mass is 10.0. The number of fused-ring (bicyclic) bond motifs is 1. The van der Waals surface area contributed by atoms with Crippen LogP contribution in [0.4, 0.5) is 13.2 Å². The molecule has 1 fully saturated rings. The van der Waals surface area contributed by atoms with Gasteiger partial charge in [0.25, 0.3) is 0 Å². The maximum absolute atomic E-state index is 15.6. The van der Waals surface area contributed by atoms with Gasteiger partial charge < -0.3 is 14.0 Å². The molecular weight excluding hydrogens is 581 g/mol. The Morgan fingerprint density at radius 3 is 2.58 bits per heavy atom. The molecule has 3 heterocycles. The van der Waals surface area contributed by atoms with E-state index in [1.807, 2.05) is 17.6 Å². The number of aromatic nitrogens is 3. The van der Waals surface area contributed by atoms with Crippen LogP contribution in [0.3, 0.4) is 0 Å². The lowest BCUT2D eigenvalue weighted by molar-refractivity contribution is 0.00655. The third-order valence-electron chi connectivity index (χ3n) is 8.07. The molecule has 6 rings (SSSR count). The summed E-state index contributed by atoms with van der Waals surface area (Å²) in [6.45, 7) is 4.44. The molecule has 0 spiro atoms. The minimum atomic E-state index is -0.679. The molecule has 0 bridgehead atoms. The highest BCUT2D eigenvalue weighted by Crippen LogP contribution is 2.32. The molecule has 10 heteroatoms. The number of halogens is 3. The molecule has 1 atom stereocenters. The predicted octanol–water partition coefficient (Wildman–Crippen LogP) is 7.33. The minimum Gasteiger partial charge on any atom is -0.473 e. The summed E-state index contributed by atoms with van der Waals surface area (Å²) in [5, 5.41) is 8.93. The summed E-state index contributed by atoms with van der Waals surface area (Å²) in [6.07, 6.45) is 1.77. The van der Waals surface area contributed by atoms with Crippen molar-refractivity contribution < 1.29 is 27.4 Å². The molecular formula is C35H29F3N4O3. The summed E-state index contributed by atoms with van der Waals surface area (Å²) in [7, 11) is 0. The van der Waals surface area contributed by atoms with Crippen molar-refractivity contribution in [1.82, 2.24) is 14.5 Å². The van der Waals surface area contributed by atoms with Crippen LogP contribution in [0.25, 0.3) is 22.3 Å². The van der Waals surface area contributed by atoms with Gasteiger partial charge in [-0.3, -0.25) is 4.79 Å². The van der Waals surface area contributed by atoms with Crippen molar-refractivity contribution in [3.05, 3.63) is 112 Å². The molecule has 0 radical (unpaired) electrons. The summed E-state index contributed by atoms with van der Waals surface area (Å²) in [5.74, 6) is -1.36. The van der Waals surface area contributed by atoms with Gasteiger partial charge in [0.2, 0.25) is 5.88 Å². The standard InChI is InChI=1S/C35H29F3N4O3/c1-21(43)23-9-10-31-32(15-23)42(20-35(2)11-4-12-45-35)33(40-31)16-25-14-29(38)26(17-28(25)37)30-5-3-6-34(41-30)44-19-24-8-7-22(18-39)13-27(24)36/h3,5-10,13-15,17H,4,11-12,16,19-20H2,1-2H3. The van der Waals surface area contributed by atoms with E-state index >= 15 is 8.78 Å². The van der Waals surface area contributed by atoms with Crippen molar-refractivity contribution in [3.8, 4) is 23.2 Å². The highest BCUT2D eigenvalue weighted by atomic mass is 19.1. The fraction of sp³-hybridized carbons (Fsp3) is 0.257. The van der Waals surface area contributed by atoms with Gasteiger partial charge in [0.15, 0.2) is 5.78 Å². The van der Waals surface area contributed by atoms with Crippen LogP contribution in [0.15, 0.2) is 66.7 Å². The SMILES string of the molecule is CC(=O)c1ccc2nc(Cc3cc(F)c(-c4cccc(OCc5ccc(C#N)cc5F)n4)cc3F)n(CC3(C)CCCO3)c2c1. The average molecular weight is 611 g/mol. The van der Waals surface area contributed by atoms with Gasteiger partial charge in [-0.05, 0) is 80.8 Å². The fourth-order valence-electron chi connectivity index (χ4n) is 5.62. The maximum Gasteiger partial charge on any atom is 0.214 e. The van der Waals surface area contributed by atoms with E-state index in [1.165, 1.54) is 31.2 Å². The summed E-state index contributed by atoms with van der Waals surface area (Å²) < 4.78 is 59.0. The molecule has 1 aliphatic rings. The van der Waals surface area contributed by atoms with E-state index in [1.54, 1.807) is 24.3 Å². The number of nitrogens with zero attached hydrogens (tertiary/aromatic N) is 4. The van der Waals surface area contributed by atoms with Gasteiger partial charge in [0.1, 0.15) is 29.9 Å². The Bertz CT molecular complexity index is 1980. The van der Waals surface area contributed by atoms with Crippen LogP contribution in [-0.4, -0.2) is 32.5 Å². The Labute approximate surface area is 257 Å². The van der Waals surface area contributed by atoms with Gasteiger partial charge in [-0.1, -0.05) is 12.1 Å². The first-order valence-corrected chi connectivity index (χ1v) is 14.5. The second kappa shape index (κ2) is 12.2. The lowest BCUT2D eigenvalue weighted by Crippen LogP contribution is -2.30. The van der Waals surface area contributed by atoms with Crippen LogP contribution >= 0.6 is 0 Å². The van der Waals surface area contributed by atoms with Gasteiger partial charge in [-0.25, -0.2) is 23.1 Å². The number of nitriles is 1. The predicted molar refractivity (Wildman–Crippen MR) is 161 cm³/mol. The second-order valence-electron chi connectivity index (χ2n) is 11.4. The second-order valence-corrected chi connectivity index (χ2v) is 11.4. The molecule has 7 nitrogen and oxygen atoms in total. The van der Waals surface area contributed by atoms with Crippen LogP contribution in [0.2, 0.25) is 0 Å². The zero-order valence-corrected chi connectivity index (χ0v) is 24.7. The number of carbonyl (C=O) groups excluding carboxylic acids is 1. The summed E-state index contributed by atoms with van der Waals surface area (Å²) in [5.41, 5.74) is 2.07. The molecule has 45 heavy (non-hydrogen) atoms. The number of pyridine rings is 1. The number of imidazole rings is 1. The van der Waals surface area contributed by atoms with Gasteiger partial charge in [-0.15, -0.1) is 0 Å². The fourth-order valence-corrected chi connectivity index (χ4v) is 5.62. The molecule has 1 aliphatic heterocycles. The monoisotopic (exact) mass is 610 g/mol. The van der Waals surface area contributed by atoms with E-state index < -0.39 is 23.1 Å². The van der Waals surface area contributed by atoms with Crippen molar-refractivity contribution in [2.45, 2.75) is 51.9 Å². The summed E-state index contributed by atoms with van der Waals surface area (Å²) in [4.78, 5) is 21.2. The third-order valence-corrected chi connectivity index (χ3v) is 8.07. The summed E-state index contributed by atoms with van der Waals surface area (Å²) >= 11 is 0. The number of Topliss-reactive ketones (excluding diaryl/α,β-unsaturated/α-hetero) is 1. The number of hydrogen-bond donors (Lipinski definition) is 0. The molecule has 5 aromatic rings. The molecule has 2 aromatic heterocycles. The number of benzene rings is 3. The Kier molecular flexibility index (Phi) is 8.12. The molecule has 0 saturated carbocycles. The molecule has 3 aromatic carbocycles. The van der Waals surface area contributed by atoms with Crippen LogP contribution < -0.4 is 4.74 Å². The van der Waals surface area contributed by atoms with Crippen LogP contribution in [0.1, 0.15) is 59.6 Å². The first-order valence-electron chi connectivity index (χ1n) is 14.5. The van der Waals surface area contributed by atoms with E-state index in [0.717, 1.165) is 36.6 Å². The topological polar surface area (TPSA) is 90.0 Å². The first kappa shape index (κ1) is 30.0. The van der Waals surface area contributed by atoms with Crippen LogP contribution in [-0.2, 0) is 24.3 Å². The molecule has 1 unspecified atom stereocenters. The number of hydrogen-bond acceptors (Lipinski definition) is 6. The Morgan fingerprint density at radius 2 is 1.84 bits per heavy atom. The minimum absolute atomic E-state index is 0.00985.